The highest BCUT2D eigenvalue weighted by Gasteiger charge is 2.13. The van der Waals surface area contributed by atoms with Crippen LogP contribution in [0.4, 0.5) is 0 Å². The number of nitrogens with one attached hydrogen (secondary N) is 1. The lowest BCUT2D eigenvalue weighted by molar-refractivity contribution is -0.194. The SMILES string of the molecule is CCCCCCCCCCCCNC(=O)c1cccc(CN(Cc2ccccn2)OC(C)=O)c1. The number of pyridine rings is 1. The minimum atomic E-state index is -0.388. The van der Waals surface area contributed by atoms with Gasteiger partial charge in [0.25, 0.3) is 5.91 Å². The Hall–Kier alpha value is -2.73. The molecule has 0 aliphatic rings. The van der Waals surface area contributed by atoms with E-state index in [1.165, 1.54) is 58.3 Å². The molecule has 1 heterocycles. The number of nitrogens with zero attached hydrogens (tertiary/aromatic N) is 2. The lowest BCUT2D eigenvalue weighted by atomic mass is 10.1. The Morgan fingerprint density at radius 2 is 1.59 bits per heavy atom. The molecule has 1 N–H and O–H groups in total. The van der Waals surface area contributed by atoms with Crippen molar-refractivity contribution in [3.05, 3.63) is 65.5 Å². The summed E-state index contributed by atoms with van der Waals surface area (Å²) in [5.41, 5.74) is 2.31. The lowest BCUT2D eigenvalue weighted by Gasteiger charge is -2.20. The van der Waals surface area contributed by atoms with Crippen molar-refractivity contribution in [1.82, 2.24) is 15.4 Å². The number of carbonyl (C=O) groups excluding carboxylic acids is 2. The van der Waals surface area contributed by atoms with Gasteiger partial charge in [-0.05, 0) is 36.2 Å². The van der Waals surface area contributed by atoms with Crippen LogP contribution in [0.3, 0.4) is 0 Å². The molecule has 0 spiro atoms. The van der Waals surface area contributed by atoms with E-state index in [2.05, 4.69) is 17.2 Å². The minimum Gasteiger partial charge on any atom is -0.368 e. The summed E-state index contributed by atoms with van der Waals surface area (Å²) in [6.45, 7) is 5.06. The number of aromatic nitrogens is 1. The molecule has 6 heteroatoms. The fourth-order valence-corrected chi connectivity index (χ4v) is 3.91. The summed E-state index contributed by atoms with van der Waals surface area (Å²) in [4.78, 5) is 33.8. The largest absolute Gasteiger partial charge is 0.368 e. The van der Waals surface area contributed by atoms with E-state index in [-0.39, 0.29) is 11.9 Å². The molecule has 0 bridgehead atoms. The number of rotatable bonds is 17. The predicted octanol–water partition coefficient (Wildman–Crippen LogP) is 6.21. The van der Waals surface area contributed by atoms with Gasteiger partial charge in [0.1, 0.15) is 0 Å². The topological polar surface area (TPSA) is 71.5 Å². The minimum absolute atomic E-state index is 0.0680. The highest BCUT2D eigenvalue weighted by molar-refractivity contribution is 5.94. The third kappa shape index (κ3) is 11.9. The van der Waals surface area contributed by atoms with Crippen LogP contribution in [-0.2, 0) is 22.7 Å². The Balaban J connectivity index is 1.72. The van der Waals surface area contributed by atoms with E-state index in [0.29, 0.717) is 25.2 Å². The zero-order valence-corrected chi connectivity index (χ0v) is 20.9. The summed E-state index contributed by atoms with van der Waals surface area (Å²) in [7, 11) is 0. The maximum Gasteiger partial charge on any atom is 0.322 e. The molecule has 0 radical (unpaired) electrons. The smallest absolute Gasteiger partial charge is 0.322 e. The molecule has 0 aliphatic heterocycles. The van der Waals surface area contributed by atoms with Crippen molar-refractivity contribution in [2.45, 2.75) is 91.1 Å². The van der Waals surface area contributed by atoms with Crippen LogP contribution in [0.2, 0.25) is 0 Å². The van der Waals surface area contributed by atoms with Crippen LogP contribution in [0.25, 0.3) is 0 Å². The van der Waals surface area contributed by atoms with Crippen molar-refractivity contribution in [2.24, 2.45) is 0 Å². The number of amides is 1. The molecule has 0 saturated carbocycles. The van der Waals surface area contributed by atoms with Crippen molar-refractivity contribution >= 4 is 11.9 Å². The molecule has 34 heavy (non-hydrogen) atoms. The second-order valence-corrected chi connectivity index (χ2v) is 8.84. The monoisotopic (exact) mass is 467 g/mol. The molecule has 0 aliphatic carbocycles. The molecule has 2 rings (SSSR count). The van der Waals surface area contributed by atoms with Crippen molar-refractivity contribution in [1.29, 1.82) is 0 Å². The van der Waals surface area contributed by atoms with E-state index >= 15 is 0 Å². The van der Waals surface area contributed by atoms with Crippen molar-refractivity contribution in [3.8, 4) is 0 Å². The Morgan fingerprint density at radius 1 is 0.882 bits per heavy atom. The number of carbonyl (C=O) groups is 2. The molecule has 0 atom stereocenters. The van der Waals surface area contributed by atoms with Gasteiger partial charge in [-0.1, -0.05) is 82.9 Å². The van der Waals surface area contributed by atoms with Gasteiger partial charge in [-0.3, -0.25) is 14.6 Å². The van der Waals surface area contributed by atoms with Crippen LogP contribution in [0.5, 0.6) is 0 Å². The fourth-order valence-electron chi connectivity index (χ4n) is 3.91. The molecule has 186 valence electrons. The van der Waals surface area contributed by atoms with E-state index in [0.717, 1.165) is 24.1 Å². The van der Waals surface area contributed by atoms with Gasteiger partial charge in [-0.15, -0.1) is 5.06 Å². The molecule has 0 unspecified atom stereocenters. The summed E-state index contributed by atoms with van der Waals surface area (Å²) in [6.07, 6.45) is 14.5. The first-order valence-corrected chi connectivity index (χ1v) is 12.8. The Kier molecular flexibility index (Phi) is 13.6. The van der Waals surface area contributed by atoms with E-state index in [4.69, 9.17) is 4.84 Å². The van der Waals surface area contributed by atoms with Gasteiger partial charge in [0, 0.05) is 25.2 Å². The molecule has 0 fully saturated rings. The van der Waals surface area contributed by atoms with Crippen LogP contribution in [0.15, 0.2) is 48.7 Å². The summed E-state index contributed by atoms with van der Waals surface area (Å²) in [5.74, 6) is -0.456. The summed E-state index contributed by atoms with van der Waals surface area (Å²) in [5, 5.41) is 4.59. The second-order valence-electron chi connectivity index (χ2n) is 8.84. The summed E-state index contributed by atoms with van der Waals surface area (Å²) >= 11 is 0. The highest BCUT2D eigenvalue weighted by atomic mass is 16.7. The molecule has 0 saturated heterocycles. The first-order chi connectivity index (χ1) is 16.6. The second kappa shape index (κ2) is 16.8. The Bertz CT molecular complexity index is 842. The Labute approximate surface area is 205 Å². The van der Waals surface area contributed by atoms with E-state index in [1.807, 2.05) is 42.5 Å². The predicted molar refractivity (Wildman–Crippen MR) is 136 cm³/mol. The molecular weight excluding hydrogens is 426 g/mol. The standard InChI is InChI=1S/C28H41N3O3/c1-3-4-5-6-7-8-9-10-11-13-20-30-28(33)26-17-15-16-25(21-26)22-31(34-24(2)32)23-27-18-12-14-19-29-27/h12,14-19,21H,3-11,13,20,22-23H2,1-2H3,(H,30,33). The maximum absolute atomic E-state index is 12.6. The number of hydrogen-bond acceptors (Lipinski definition) is 5. The molecule has 1 amide bonds. The van der Waals surface area contributed by atoms with Crippen molar-refractivity contribution in [3.63, 3.8) is 0 Å². The van der Waals surface area contributed by atoms with Gasteiger partial charge in [0.15, 0.2) is 0 Å². The third-order valence-corrected chi connectivity index (χ3v) is 5.69. The van der Waals surface area contributed by atoms with Gasteiger partial charge >= 0.3 is 5.97 Å². The van der Waals surface area contributed by atoms with E-state index in [9.17, 15) is 9.59 Å². The normalized spacial score (nSPS) is 10.9. The Morgan fingerprint density at radius 3 is 2.24 bits per heavy atom. The molecule has 1 aromatic carbocycles. The van der Waals surface area contributed by atoms with Gasteiger partial charge in [0.2, 0.25) is 0 Å². The molecule has 2 aromatic rings. The summed E-state index contributed by atoms with van der Waals surface area (Å²) in [6, 6.07) is 13.1. The van der Waals surface area contributed by atoms with Gasteiger partial charge in [-0.25, -0.2) is 0 Å². The number of unbranched alkanes of at least 4 members (excludes halogenated alkanes) is 9. The molecular formula is C28H41N3O3. The average Bonchev–Trinajstić information content (AvgIpc) is 2.83. The van der Waals surface area contributed by atoms with E-state index < -0.39 is 0 Å². The third-order valence-electron chi connectivity index (χ3n) is 5.69. The van der Waals surface area contributed by atoms with Crippen LogP contribution in [0, 0.1) is 0 Å². The van der Waals surface area contributed by atoms with Gasteiger partial charge in [-0.2, -0.15) is 0 Å². The first kappa shape index (κ1) is 27.5. The zero-order chi connectivity index (χ0) is 24.4. The molecule has 1 aromatic heterocycles. The maximum atomic E-state index is 12.6. The van der Waals surface area contributed by atoms with Crippen LogP contribution >= 0.6 is 0 Å². The first-order valence-electron chi connectivity index (χ1n) is 12.8. The van der Waals surface area contributed by atoms with Crippen LogP contribution in [0.1, 0.15) is 99.7 Å². The number of hydroxylamine groups is 2. The van der Waals surface area contributed by atoms with Crippen molar-refractivity contribution < 1.29 is 14.4 Å². The molecule has 6 nitrogen and oxygen atoms in total. The fraction of sp³-hybridized carbons (Fsp3) is 0.536. The quantitative estimate of drug-likeness (QED) is 0.221. The van der Waals surface area contributed by atoms with Crippen LogP contribution in [-0.4, -0.2) is 28.5 Å². The van der Waals surface area contributed by atoms with Crippen molar-refractivity contribution in [2.75, 3.05) is 6.54 Å². The number of benzene rings is 1. The van der Waals surface area contributed by atoms with Crippen LogP contribution < -0.4 is 5.32 Å². The number of hydrogen-bond donors (Lipinski definition) is 1. The lowest BCUT2D eigenvalue weighted by Crippen LogP contribution is -2.27. The van der Waals surface area contributed by atoms with Gasteiger partial charge in [0.05, 0.1) is 18.8 Å². The van der Waals surface area contributed by atoms with Gasteiger partial charge < -0.3 is 10.2 Å². The highest BCUT2D eigenvalue weighted by Crippen LogP contribution is 2.13. The average molecular weight is 468 g/mol. The van der Waals surface area contributed by atoms with E-state index in [1.54, 1.807) is 11.3 Å². The summed E-state index contributed by atoms with van der Waals surface area (Å²) < 4.78 is 0. The zero-order valence-electron chi connectivity index (χ0n) is 20.9.